The summed E-state index contributed by atoms with van der Waals surface area (Å²) in [6, 6.07) is 16.4. The molecule has 3 aliphatic rings. The third-order valence-corrected chi connectivity index (χ3v) is 9.61. The summed E-state index contributed by atoms with van der Waals surface area (Å²) in [5, 5.41) is 26.0. The summed E-state index contributed by atoms with van der Waals surface area (Å²) >= 11 is 0. The number of nitrogens with one attached hydrogen (secondary N) is 2. The number of hydrogen-bond donors (Lipinski definition) is 3. The van der Waals surface area contributed by atoms with Crippen LogP contribution in [0.15, 0.2) is 59.5 Å². The van der Waals surface area contributed by atoms with Crippen molar-refractivity contribution < 1.29 is 37.4 Å². The number of aliphatic hydroxyl groups is 1. The predicted molar refractivity (Wildman–Crippen MR) is 155 cm³/mol. The quantitative estimate of drug-likeness (QED) is 0.226. The van der Waals surface area contributed by atoms with Crippen molar-refractivity contribution in [3.63, 3.8) is 0 Å². The lowest BCUT2D eigenvalue weighted by atomic mass is 10.0. The molecule has 3 fully saturated rings. The molecule has 232 valence electrons. The fraction of sp³-hybridized carbons (Fsp3) is 0.533. The predicted octanol–water partition coefficient (Wildman–Crippen LogP) is 2.95. The van der Waals surface area contributed by atoms with Gasteiger partial charge in [0.25, 0.3) is 10.0 Å². The average Bonchev–Trinajstić information content (AvgIpc) is 3.77. The number of anilines is 1. The molecule has 1 aliphatic carbocycles. The van der Waals surface area contributed by atoms with Gasteiger partial charge in [-0.3, -0.25) is 4.84 Å². The van der Waals surface area contributed by atoms with Crippen LogP contribution in [0, 0.1) is 17.2 Å². The van der Waals surface area contributed by atoms with E-state index in [1.165, 1.54) is 12.1 Å². The second kappa shape index (κ2) is 14.5. The van der Waals surface area contributed by atoms with Gasteiger partial charge in [0.1, 0.15) is 12.6 Å². The van der Waals surface area contributed by atoms with Gasteiger partial charge in [-0.25, -0.2) is 13.2 Å². The Morgan fingerprint density at radius 2 is 1.91 bits per heavy atom. The van der Waals surface area contributed by atoms with E-state index in [-0.39, 0.29) is 42.8 Å². The van der Waals surface area contributed by atoms with Gasteiger partial charge in [-0.15, -0.1) is 0 Å². The number of amides is 1. The standard InChI is InChI=1S/C30H38N4O8S/c31-14-15-32-22-9-6-12-24(18-22)43(37,38)34(42-23-10-4-5-11-23)19-27(35)26(17-21-7-2-1-3-8-21)33-30(36)41-28-20-40-29-25(28)13-16-39-29/h1-3,6-9,12,18,23,25-29,32,35H,4-5,10-11,13,15-17,19-20H2,(H,33,36)/t25-,26+,27-,28-,29+/m1/s1. The van der Waals surface area contributed by atoms with Crippen molar-refractivity contribution in [3.8, 4) is 6.07 Å². The molecule has 0 spiro atoms. The first-order valence-electron chi connectivity index (χ1n) is 14.7. The van der Waals surface area contributed by atoms with E-state index in [9.17, 15) is 18.3 Å². The van der Waals surface area contributed by atoms with E-state index in [4.69, 9.17) is 24.3 Å². The number of fused-ring (bicyclic) bond motifs is 1. The fourth-order valence-electron chi connectivity index (χ4n) is 5.69. The fourth-order valence-corrected chi connectivity index (χ4v) is 7.03. The molecule has 2 saturated heterocycles. The highest BCUT2D eigenvalue weighted by molar-refractivity contribution is 7.89. The van der Waals surface area contributed by atoms with Gasteiger partial charge >= 0.3 is 6.09 Å². The zero-order chi connectivity index (χ0) is 30.2. The van der Waals surface area contributed by atoms with Crippen LogP contribution in [-0.4, -0.2) is 81.0 Å². The Hall–Kier alpha value is -3.25. The van der Waals surface area contributed by atoms with Crippen LogP contribution in [0.2, 0.25) is 0 Å². The SMILES string of the molecule is N#CCNc1cccc(S(=O)(=O)N(C[C@@H](O)[C@H](Cc2ccccc2)NC(=O)O[C@@H]2CO[C@@H]3OCC[C@@H]32)OC2CCCC2)c1. The molecule has 0 radical (unpaired) electrons. The van der Waals surface area contributed by atoms with Crippen LogP contribution in [0.4, 0.5) is 10.5 Å². The Balaban J connectivity index is 1.34. The van der Waals surface area contributed by atoms with E-state index in [1.807, 2.05) is 36.4 Å². The van der Waals surface area contributed by atoms with Crippen LogP contribution in [0.1, 0.15) is 37.7 Å². The molecule has 0 aromatic heterocycles. The van der Waals surface area contributed by atoms with Gasteiger partial charge in [0.15, 0.2) is 6.29 Å². The number of nitrogens with zero attached hydrogens (tertiary/aromatic N) is 2. The number of ether oxygens (including phenoxy) is 3. The lowest BCUT2D eigenvalue weighted by Crippen LogP contribution is -2.51. The van der Waals surface area contributed by atoms with E-state index >= 15 is 0 Å². The largest absolute Gasteiger partial charge is 0.443 e. The van der Waals surface area contributed by atoms with Gasteiger partial charge in [-0.05, 0) is 49.4 Å². The van der Waals surface area contributed by atoms with Crippen molar-refractivity contribution in [2.45, 2.75) is 74.1 Å². The minimum absolute atomic E-state index is 0.00878. The number of sulfonamides is 1. The minimum atomic E-state index is -4.24. The lowest BCUT2D eigenvalue weighted by Gasteiger charge is -2.31. The first kappa shape index (κ1) is 31.2. The highest BCUT2D eigenvalue weighted by Crippen LogP contribution is 2.33. The van der Waals surface area contributed by atoms with Crippen LogP contribution < -0.4 is 10.6 Å². The molecular weight excluding hydrogens is 576 g/mol. The van der Waals surface area contributed by atoms with Gasteiger partial charge in [-0.1, -0.05) is 53.7 Å². The molecule has 3 N–H and O–H groups in total. The summed E-state index contributed by atoms with van der Waals surface area (Å²) < 4.78 is 45.4. The number of nitriles is 1. The van der Waals surface area contributed by atoms with Crippen LogP contribution in [-0.2, 0) is 35.5 Å². The van der Waals surface area contributed by atoms with Crippen LogP contribution in [0.3, 0.4) is 0 Å². The molecule has 12 nitrogen and oxygen atoms in total. The Morgan fingerprint density at radius 3 is 2.67 bits per heavy atom. The molecule has 43 heavy (non-hydrogen) atoms. The first-order chi connectivity index (χ1) is 20.8. The molecule has 5 atom stereocenters. The van der Waals surface area contributed by atoms with Crippen molar-refractivity contribution in [2.75, 3.05) is 31.6 Å². The summed E-state index contributed by atoms with van der Waals surface area (Å²) in [5.74, 6) is -0.0536. The lowest BCUT2D eigenvalue weighted by molar-refractivity contribution is -0.145. The molecule has 0 bridgehead atoms. The number of aliphatic hydroxyl groups excluding tert-OH is 1. The molecule has 2 aromatic carbocycles. The van der Waals surface area contributed by atoms with Crippen LogP contribution >= 0.6 is 0 Å². The topological polar surface area (TPSA) is 159 Å². The van der Waals surface area contributed by atoms with E-state index < -0.39 is 40.9 Å². The van der Waals surface area contributed by atoms with Gasteiger partial charge in [0.05, 0.1) is 54.9 Å². The zero-order valence-corrected chi connectivity index (χ0v) is 24.7. The maximum atomic E-state index is 13.9. The minimum Gasteiger partial charge on any atom is -0.443 e. The number of benzene rings is 2. The molecule has 2 aromatic rings. The molecule has 1 amide bonds. The van der Waals surface area contributed by atoms with Crippen molar-refractivity contribution in [1.29, 1.82) is 5.26 Å². The smallest absolute Gasteiger partial charge is 0.407 e. The van der Waals surface area contributed by atoms with Gasteiger partial charge < -0.3 is 30.0 Å². The average molecular weight is 615 g/mol. The third-order valence-electron chi connectivity index (χ3n) is 7.99. The number of hydroxylamine groups is 1. The molecule has 1 saturated carbocycles. The van der Waals surface area contributed by atoms with Crippen LogP contribution in [0.25, 0.3) is 0 Å². The highest BCUT2D eigenvalue weighted by atomic mass is 32.2. The molecule has 13 heteroatoms. The molecular formula is C30H38N4O8S. The Bertz CT molecular complexity index is 1370. The first-order valence-corrected chi connectivity index (χ1v) is 16.1. The maximum Gasteiger partial charge on any atom is 0.407 e. The molecule has 2 heterocycles. The van der Waals surface area contributed by atoms with Gasteiger partial charge in [0.2, 0.25) is 0 Å². The number of hydrogen-bond acceptors (Lipinski definition) is 10. The molecule has 0 unspecified atom stereocenters. The summed E-state index contributed by atoms with van der Waals surface area (Å²) in [5.41, 5.74) is 1.30. The normalized spacial score (nSPS) is 23.4. The molecule has 2 aliphatic heterocycles. The van der Waals surface area contributed by atoms with Crippen molar-refractivity contribution >= 4 is 21.8 Å². The Kier molecular flexibility index (Phi) is 10.5. The third kappa shape index (κ3) is 8.03. The number of carbonyl (C=O) groups excluding carboxylic acids is 1. The Labute approximate surface area is 251 Å². The van der Waals surface area contributed by atoms with E-state index in [1.54, 1.807) is 12.1 Å². The molecule has 5 rings (SSSR count). The summed E-state index contributed by atoms with van der Waals surface area (Å²) in [7, 11) is -4.24. The second-order valence-electron chi connectivity index (χ2n) is 11.0. The highest BCUT2D eigenvalue weighted by Gasteiger charge is 2.44. The van der Waals surface area contributed by atoms with E-state index in [0.29, 0.717) is 25.1 Å². The maximum absolute atomic E-state index is 13.9. The summed E-state index contributed by atoms with van der Waals surface area (Å²) in [4.78, 5) is 19.0. The van der Waals surface area contributed by atoms with Crippen LogP contribution in [0.5, 0.6) is 0 Å². The Morgan fingerprint density at radius 1 is 1.12 bits per heavy atom. The zero-order valence-electron chi connectivity index (χ0n) is 23.8. The van der Waals surface area contributed by atoms with Crippen molar-refractivity contribution in [1.82, 2.24) is 9.79 Å². The number of rotatable bonds is 13. The van der Waals surface area contributed by atoms with Gasteiger partial charge in [-0.2, -0.15) is 5.26 Å². The second-order valence-corrected chi connectivity index (χ2v) is 12.8. The van der Waals surface area contributed by atoms with Crippen molar-refractivity contribution in [3.05, 3.63) is 60.2 Å². The number of alkyl carbamates (subject to hydrolysis) is 1. The van der Waals surface area contributed by atoms with Gasteiger partial charge in [0, 0.05) is 5.69 Å². The summed E-state index contributed by atoms with van der Waals surface area (Å²) in [6.45, 7) is 0.333. The van der Waals surface area contributed by atoms with Crippen molar-refractivity contribution in [2.24, 2.45) is 5.92 Å². The van der Waals surface area contributed by atoms with E-state index in [0.717, 1.165) is 29.3 Å². The monoisotopic (exact) mass is 614 g/mol. The van der Waals surface area contributed by atoms with E-state index in [2.05, 4.69) is 10.6 Å². The summed E-state index contributed by atoms with van der Waals surface area (Å²) in [6.07, 6.45) is 0.877. The number of carbonyl (C=O) groups is 1.